The molecule has 0 saturated heterocycles. The van der Waals surface area contributed by atoms with Crippen molar-refractivity contribution in [3.05, 3.63) is 49.6 Å². The van der Waals surface area contributed by atoms with E-state index in [1.54, 1.807) is 17.4 Å². The second-order valence-corrected chi connectivity index (χ2v) is 6.82. The van der Waals surface area contributed by atoms with Crippen molar-refractivity contribution in [2.45, 2.75) is 6.54 Å². The van der Waals surface area contributed by atoms with Crippen LogP contribution in [0.25, 0.3) is 11.0 Å². The fourth-order valence-electron chi connectivity index (χ4n) is 1.89. The molecule has 2 aromatic heterocycles. The van der Waals surface area contributed by atoms with Gasteiger partial charge in [0.2, 0.25) is 0 Å². The highest BCUT2D eigenvalue weighted by Gasteiger charge is 2.07. The summed E-state index contributed by atoms with van der Waals surface area (Å²) in [6.07, 6.45) is 0. The van der Waals surface area contributed by atoms with Crippen LogP contribution in [0.3, 0.4) is 0 Å². The second kappa shape index (κ2) is 4.60. The molecule has 0 bridgehead atoms. The molecule has 18 heavy (non-hydrogen) atoms. The van der Waals surface area contributed by atoms with Crippen LogP contribution in [0.5, 0.6) is 0 Å². The number of nitrogens with zero attached hydrogens (tertiary/aromatic N) is 1. The standard InChI is InChI=1S/C12H8BrFN2S2/c13-11-4-2-8(18-11)6-16-10-3-1-7(14)5-9(10)15-12(16)17/h1-5H,6H2,(H,15,17). The normalized spacial score (nSPS) is 11.2. The lowest BCUT2D eigenvalue weighted by Gasteiger charge is -2.01. The minimum absolute atomic E-state index is 0.259. The molecule has 3 rings (SSSR count). The van der Waals surface area contributed by atoms with E-state index in [2.05, 4.69) is 27.0 Å². The molecule has 92 valence electrons. The van der Waals surface area contributed by atoms with Gasteiger partial charge >= 0.3 is 0 Å². The minimum atomic E-state index is -0.259. The first kappa shape index (κ1) is 12.1. The van der Waals surface area contributed by atoms with Crippen LogP contribution >= 0.6 is 39.5 Å². The fraction of sp³-hybridized carbons (Fsp3) is 0.0833. The molecule has 0 atom stereocenters. The molecule has 0 aliphatic carbocycles. The summed E-state index contributed by atoms with van der Waals surface area (Å²) in [5.74, 6) is -0.259. The van der Waals surface area contributed by atoms with Gasteiger partial charge in [0.05, 0.1) is 21.4 Å². The van der Waals surface area contributed by atoms with Crippen LogP contribution in [-0.2, 0) is 6.54 Å². The van der Waals surface area contributed by atoms with E-state index in [0.717, 1.165) is 14.8 Å². The molecule has 1 aromatic carbocycles. The average Bonchev–Trinajstić information content (AvgIpc) is 2.84. The number of aromatic nitrogens is 2. The van der Waals surface area contributed by atoms with Gasteiger partial charge in [-0.1, -0.05) is 0 Å². The van der Waals surface area contributed by atoms with Crippen molar-refractivity contribution in [1.29, 1.82) is 0 Å². The van der Waals surface area contributed by atoms with Gasteiger partial charge in [0.25, 0.3) is 0 Å². The topological polar surface area (TPSA) is 20.7 Å². The Morgan fingerprint density at radius 2 is 2.17 bits per heavy atom. The summed E-state index contributed by atoms with van der Waals surface area (Å²) < 4.78 is 16.8. The number of aromatic amines is 1. The SMILES string of the molecule is Fc1ccc2c(c1)[nH]c(=S)n2Cc1ccc(Br)s1. The molecule has 0 saturated carbocycles. The zero-order valence-electron chi connectivity index (χ0n) is 9.11. The Hall–Kier alpha value is -0.980. The maximum Gasteiger partial charge on any atom is 0.178 e. The number of thiophene rings is 1. The van der Waals surface area contributed by atoms with E-state index in [4.69, 9.17) is 12.2 Å². The molecule has 0 fully saturated rings. The van der Waals surface area contributed by atoms with Crippen molar-refractivity contribution >= 4 is 50.5 Å². The smallest absolute Gasteiger partial charge is 0.178 e. The lowest BCUT2D eigenvalue weighted by Crippen LogP contribution is -1.97. The number of halogens is 2. The summed E-state index contributed by atoms with van der Waals surface area (Å²) in [7, 11) is 0. The summed E-state index contributed by atoms with van der Waals surface area (Å²) >= 11 is 10.4. The molecule has 0 aliphatic rings. The van der Waals surface area contributed by atoms with Crippen molar-refractivity contribution < 1.29 is 4.39 Å². The van der Waals surface area contributed by atoms with Crippen LogP contribution in [0.2, 0.25) is 0 Å². The first-order valence-electron chi connectivity index (χ1n) is 5.26. The Morgan fingerprint density at radius 3 is 2.89 bits per heavy atom. The molecule has 2 nitrogen and oxygen atoms in total. The van der Waals surface area contributed by atoms with Crippen LogP contribution in [-0.4, -0.2) is 9.55 Å². The molecule has 0 radical (unpaired) electrons. The third-order valence-electron chi connectivity index (χ3n) is 2.68. The van der Waals surface area contributed by atoms with E-state index in [-0.39, 0.29) is 5.82 Å². The number of benzene rings is 1. The summed E-state index contributed by atoms with van der Waals surface area (Å²) in [5, 5.41) is 0. The Kier molecular flexibility index (Phi) is 3.09. The summed E-state index contributed by atoms with van der Waals surface area (Å²) in [6.45, 7) is 0.695. The number of fused-ring (bicyclic) bond motifs is 1. The molecular formula is C12H8BrFN2S2. The predicted octanol–water partition coefficient (Wildman–Crippen LogP) is 4.71. The summed E-state index contributed by atoms with van der Waals surface area (Å²) in [6, 6.07) is 8.73. The largest absolute Gasteiger partial charge is 0.330 e. The van der Waals surface area contributed by atoms with Crippen molar-refractivity contribution in [2.75, 3.05) is 0 Å². The second-order valence-electron chi connectivity index (χ2n) is 3.88. The van der Waals surface area contributed by atoms with E-state index < -0.39 is 0 Å². The fourth-order valence-corrected chi connectivity index (χ4v) is 3.63. The molecule has 0 unspecified atom stereocenters. The summed E-state index contributed by atoms with van der Waals surface area (Å²) in [4.78, 5) is 4.22. The molecule has 0 aliphatic heterocycles. The minimum Gasteiger partial charge on any atom is -0.330 e. The van der Waals surface area contributed by atoms with Crippen LogP contribution in [0.15, 0.2) is 34.1 Å². The average molecular weight is 343 g/mol. The lowest BCUT2D eigenvalue weighted by atomic mass is 10.3. The van der Waals surface area contributed by atoms with Crippen LogP contribution in [0.4, 0.5) is 4.39 Å². The first-order valence-corrected chi connectivity index (χ1v) is 7.27. The van der Waals surface area contributed by atoms with E-state index in [0.29, 0.717) is 11.3 Å². The zero-order chi connectivity index (χ0) is 12.7. The molecule has 6 heteroatoms. The van der Waals surface area contributed by atoms with Crippen molar-refractivity contribution in [3.63, 3.8) is 0 Å². The van der Waals surface area contributed by atoms with Gasteiger partial charge in [0, 0.05) is 4.88 Å². The quantitative estimate of drug-likeness (QED) is 0.669. The molecule has 2 heterocycles. The van der Waals surface area contributed by atoms with Crippen LogP contribution < -0.4 is 0 Å². The predicted molar refractivity (Wildman–Crippen MR) is 78.2 cm³/mol. The van der Waals surface area contributed by atoms with Gasteiger partial charge in [-0.15, -0.1) is 11.3 Å². The van der Waals surface area contributed by atoms with Gasteiger partial charge in [0.15, 0.2) is 4.77 Å². The van der Waals surface area contributed by atoms with Crippen molar-refractivity contribution in [2.24, 2.45) is 0 Å². The third-order valence-corrected chi connectivity index (χ3v) is 4.61. The van der Waals surface area contributed by atoms with Gasteiger partial charge in [-0.05, 0) is 58.5 Å². The number of hydrogen-bond acceptors (Lipinski definition) is 2. The Labute approximate surface area is 120 Å². The van der Waals surface area contributed by atoms with Crippen molar-refractivity contribution in [3.8, 4) is 0 Å². The Morgan fingerprint density at radius 1 is 1.33 bits per heavy atom. The van der Waals surface area contributed by atoms with Gasteiger partial charge < -0.3 is 9.55 Å². The molecule has 0 spiro atoms. The first-order chi connectivity index (χ1) is 8.63. The number of imidazole rings is 1. The van der Waals surface area contributed by atoms with Crippen LogP contribution in [0.1, 0.15) is 4.88 Å². The van der Waals surface area contributed by atoms with E-state index in [1.165, 1.54) is 17.0 Å². The number of rotatable bonds is 2. The number of hydrogen-bond donors (Lipinski definition) is 1. The third kappa shape index (κ3) is 2.15. The van der Waals surface area contributed by atoms with E-state index in [1.807, 2.05) is 10.6 Å². The van der Waals surface area contributed by atoms with Gasteiger partial charge in [-0.2, -0.15) is 0 Å². The monoisotopic (exact) mass is 342 g/mol. The maximum atomic E-state index is 13.1. The highest BCUT2D eigenvalue weighted by Crippen LogP contribution is 2.24. The maximum absolute atomic E-state index is 13.1. The van der Waals surface area contributed by atoms with Gasteiger partial charge in [-0.25, -0.2) is 4.39 Å². The lowest BCUT2D eigenvalue weighted by molar-refractivity contribution is 0.629. The number of H-pyrrole nitrogens is 1. The Balaban J connectivity index is 2.11. The molecule has 1 N–H and O–H groups in total. The highest BCUT2D eigenvalue weighted by molar-refractivity contribution is 9.11. The number of nitrogens with one attached hydrogen (secondary N) is 1. The van der Waals surface area contributed by atoms with Gasteiger partial charge in [-0.3, -0.25) is 0 Å². The molecular weight excluding hydrogens is 335 g/mol. The van der Waals surface area contributed by atoms with Gasteiger partial charge in [0.1, 0.15) is 5.82 Å². The zero-order valence-corrected chi connectivity index (χ0v) is 12.3. The Bertz CT molecular complexity index is 772. The van der Waals surface area contributed by atoms with E-state index >= 15 is 0 Å². The molecule has 0 amide bonds. The molecule has 3 aromatic rings. The van der Waals surface area contributed by atoms with Crippen LogP contribution in [0, 0.1) is 10.6 Å². The summed E-state index contributed by atoms with van der Waals surface area (Å²) in [5.41, 5.74) is 1.65. The van der Waals surface area contributed by atoms with E-state index in [9.17, 15) is 4.39 Å². The highest BCUT2D eigenvalue weighted by atomic mass is 79.9. The van der Waals surface area contributed by atoms with Crippen molar-refractivity contribution in [1.82, 2.24) is 9.55 Å².